The summed E-state index contributed by atoms with van der Waals surface area (Å²) in [4.78, 5) is 54.3. The Morgan fingerprint density at radius 1 is 0.653 bits per heavy atom. The van der Waals surface area contributed by atoms with Gasteiger partial charge in [-0.05, 0) is 149 Å². The Kier molecular flexibility index (Phi) is 37.7. The van der Waals surface area contributed by atoms with Crippen LogP contribution in [0.4, 0.5) is 0 Å². The SMILES string of the molecule is C#CC#CC#CC#CC#CC#CC#CC#CC(=O)O[C@H](COC(=O)C#CC#CC#CC#CC#CC#CC)COP(=O)([O-])[O-].CC(N)=O.[HH].[HH].[HH].[HH].[HH].[HH].[HH].[HH].[HH].[HH].[HH].[HH].[HH].[HH].[HH].[HH].[HH].[HH].[HH].[HH].[HH].[HH].[HH].[HH].[HH].[HH].[Na+].[Na+]. The number of phosphoric acid groups is 1. The molecule has 10 nitrogen and oxygen atoms in total. The van der Waals surface area contributed by atoms with Gasteiger partial charge in [-0.15, -0.1) is 6.42 Å². The van der Waals surface area contributed by atoms with Gasteiger partial charge in [-0.25, -0.2) is 9.59 Å². The summed E-state index contributed by atoms with van der Waals surface area (Å²) in [5, 5.41) is 0. The molecule has 0 spiro atoms. The molecule has 0 fully saturated rings. The van der Waals surface area contributed by atoms with E-state index in [1.54, 1.807) is 6.92 Å². The first kappa shape index (κ1) is 50.2. The summed E-state index contributed by atoms with van der Waals surface area (Å²) in [6, 6.07) is 0. The summed E-state index contributed by atoms with van der Waals surface area (Å²) in [6.45, 7) is 1.26. The van der Waals surface area contributed by atoms with Crippen LogP contribution in [-0.4, -0.2) is 37.2 Å². The number of hydrogen-bond acceptors (Lipinski definition) is 9. The van der Waals surface area contributed by atoms with Crippen molar-refractivity contribution >= 4 is 25.7 Å². The summed E-state index contributed by atoms with van der Waals surface area (Å²) in [5.74, 6) is 59.8. The molecule has 276 valence electrons. The van der Waals surface area contributed by atoms with E-state index in [4.69, 9.17) is 15.9 Å². The van der Waals surface area contributed by atoms with Gasteiger partial charge in [-0.2, -0.15) is 0 Å². The van der Waals surface area contributed by atoms with Crippen molar-refractivity contribution in [2.24, 2.45) is 5.73 Å². The largest absolute Gasteiger partial charge is 1.00 e. The Hall–Kier alpha value is -5.64. The predicted molar refractivity (Wildman–Crippen MR) is 220 cm³/mol. The molecule has 0 bridgehead atoms. The number of ether oxygens (including phenoxy) is 2. The third-order valence-corrected chi connectivity index (χ3v) is 3.40. The van der Waals surface area contributed by atoms with E-state index in [1.807, 2.05) is 11.8 Å². The minimum atomic E-state index is -5.43. The Labute approximate surface area is 368 Å². The molecule has 0 heterocycles. The van der Waals surface area contributed by atoms with Crippen molar-refractivity contribution in [1.82, 2.24) is 0 Å². The van der Waals surface area contributed by atoms with Crippen LogP contribution in [0.5, 0.6) is 0 Å². The first-order valence-electron chi connectivity index (χ1n) is 11.7. The third-order valence-electron chi connectivity index (χ3n) is 2.93. The van der Waals surface area contributed by atoms with E-state index >= 15 is 0 Å². The third kappa shape index (κ3) is 46.9. The molecule has 0 rings (SSSR count). The Balaban J connectivity index is -0.0000000218. The van der Waals surface area contributed by atoms with Crippen LogP contribution >= 0.6 is 7.82 Å². The van der Waals surface area contributed by atoms with Crippen LogP contribution in [0, 0.1) is 166 Å². The first-order chi connectivity index (χ1) is 22.5. The normalized spacial score (nSPS) is 6.92. The Morgan fingerprint density at radius 2 is 0.980 bits per heavy atom. The molecule has 13 heteroatoms. The van der Waals surface area contributed by atoms with E-state index < -0.39 is 39.1 Å². The summed E-state index contributed by atoms with van der Waals surface area (Å²) < 4.78 is 24.4. The summed E-state index contributed by atoms with van der Waals surface area (Å²) in [5.41, 5.74) is 4.47. The number of nitrogens with two attached hydrogens (primary N) is 1. The molecule has 2 N–H and O–H groups in total. The first-order valence-corrected chi connectivity index (χ1v) is 13.2. The van der Waals surface area contributed by atoms with Crippen molar-refractivity contribution in [2.45, 2.75) is 20.0 Å². The number of terminal acetylenes is 1. The molecule has 0 saturated heterocycles. The van der Waals surface area contributed by atoms with Gasteiger partial charge in [0.15, 0.2) is 6.10 Å². The molecule has 1 amide bonds. The van der Waals surface area contributed by atoms with Gasteiger partial charge in [0.2, 0.25) is 5.91 Å². The van der Waals surface area contributed by atoms with Gasteiger partial charge in [0.05, 0.1) is 14.4 Å². The van der Waals surface area contributed by atoms with Gasteiger partial charge >= 0.3 is 71.1 Å². The van der Waals surface area contributed by atoms with Crippen molar-refractivity contribution in [3.8, 4) is 166 Å². The number of hydrogen-bond donors (Lipinski definition) is 1. The molecule has 49 heavy (non-hydrogen) atoms. The molecular weight excluding hydrogens is 667 g/mol. The van der Waals surface area contributed by atoms with E-state index in [0.717, 1.165) is 0 Å². The van der Waals surface area contributed by atoms with E-state index in [2.05, 4.69) is 158 Å². The van der Waals surface area contributed by atoms with Gasteiger partial charge in [-0.1, -0.05) is 5.92 Å². The van der Waals surface area contributed by atoms with Crippen LogP contribution in [0.3, 0.4) is 0 Å². The maximum Gasteiger partial charge on any atom is 1.00 e. The Morgan fingerprint density at radius 3 is 1.33 bits per heavy atom. The van der Waals surface area contributed by atoms with Crippen LogP contribution in [-0.2, 0) is 32.9 Å². The number of carbonyl (C=O) groups is 3. The van der Waals surface area contributed by atoms with Crippen LogP contribution in [0.25, 0.3) is 0 Å². The van der Waals surface area contributed by atoms with Crippen molar-refractivity contribution in [1.29, 1.82) is 0 Å². The molecule has 0 aromatic carbocycles. The quantitative estimate of drug-likeness (QED) is 0.106. The number of phosphoric ester groups is 1. The van der Waals surface area contributed by atoms with E-state index in [9.17, 15) is 28.7 Å². The second kappa shape index (κ2) is 36.8. The zero-order chi connectivity index (χ0) is 35.4. The van der Waals surface area contributed by atoms with E-state index in [0.29, 0.717) is 0 Å². The van der Waals surface area contributed by atoms with E-state index in [-0.39, 0.29) is 102 Å². The topological polar surface area (TPSA) is 168 Å². The fourth-order valence-electron chi connectivity index (χ4n) is 1.53. The van der Waals surface area contributed by atoms with Crippen molar-refractivity contribution in [3.05, 3.63) is 0 Å². The number of amides is 1. The number of carbonyl (C=O) groups excluding carboxylic acids is 3. The molecule has 0 saturated carbocycles. The van der Waals surface area contributed by atoms with Gasteiger partial charge in [-0.3, -0.25) is 4.79 Å². The van der Waals surface area contributed by atoms with Crippen LogP contribution in [0.1, 0.15) is 50.9 Å². The fraction of sp³-hybridized carbons (Fsp3) is 0.139. The molecule has 0 aliphatic carbocycles. The average molecular weight is 734 g/mol. The standard InChI is InChI=1S/C34H11O8P.C2H5NO.2Na.26H2/c1-3-5-7-9-11-13-15-16-17-19-21-23-25-27-29-34(36)42-32(31-41-43(37,38)39)30-40-33(35)28-26-24-22-20-18-14-12-10-8-6-4-2;1-2(3)4;;;;;;;;;;;;;;;;;;;;;;;;;;;;/h1,32H,30-31H2,2H3,(H2,37,38,39);1H3,(H2,3,4);;;26*1H/q;;2*+1;;;;;;;;;;;;;;;;;;;;;;;;;;/p-2/t32-;;;;;;;;;;;;;;;;;;;;;;;;;;;;;/m1............................./s1. The van der Waals surface area contributed by atoms with Crippen LogP contribution in [0.2, 0.25) is 0 Å². The molecule has 0 aromatic rings. The van der Waals surface area contributed by atoms with Crippen molar-refractivity contribution in [3.63, 3.8) is 0 Å². The zero-order valence-corrected chi connectivity index (χ0v) is 31.2. The van der Waals surface area contributed by atoms with Gasteiger partial charge in [0.1, 0.15) is 6.61 Å². The van der Waals surface area contributed by atoms with Crippen molar-refractivity contribution < 1.29 is 139 Å². The number of esters is 2. The molecule has 0 aliphatic heterocycles. The number of rotatable bonds is 6. The van der Waals surface area contributed by atoms with Gasteiger partial charge in [0.25, 0.3) is 0 Å². The minimum absolute atomic E-state index is 0. The van der Waals surface area contributed by atoms with Crippen molar-refractivity contribution in [2.75, 3.05) is 13.2 Å². The average Bonchev–Trinajstić information content (AvgIpc) is 3.00. The second-order valence-electron chi connectivity index (χ2n) is 6.50. The van der Waals surface area contributed by atoms with Gasteiger partial charge in [0, 0.05) is 55.9 Å². The molecule has 0 aliphatic rings. The van der Waals surface area contributed by atoms with E-state index in [1.165, 1.54) is 6.92 Å². The Bertz CT molecular complexity index is 2230. The molecule has 0 unspecified atom stereocenters. The van der Waals surface area contributed by atoms with Crippen LogP contribution < -0.4 is 74.6 Å². The minimum Gasteiger partial charge on any atom is -0.790 e. The predicted octanol–water partition coefficient (Wildman–Crippen LogP) is -2.12. The second-order valence-corrected chi connectivity index (χ2v) is 7.65. The molecule has 0 aromatic heterocycles. The van der Waals surface area contributed by atoms with Crippen LogP contribution in [0.15, 0.2) is 0 Å². The maximum atomic E-state index is 11.9. The maximum absolute atomic E-state index is 11.9. The molecule has 1 atom stereocenters. The smallest absolute Gasteiger partial charge is 0.790 e. The van der Waals surface area contributed by atoms with Gasteiger partial charge < -0.3 is 34.1 Å². The zero-order valence-electron chi connectivity index (χ0n) is 26.3. The summed E-state index contributed by atoms with van der Waals surface area (Å²) in [7, 11) is -5.43. The molecular formula is C36H66NNa2O9P. The fourth-order valence-corrected chi connectivity index (χ4v) is 1.88. The molecule has 0 radical (unpaired) electrons. The summed E-state index contributed by atoms with van der Waals surface area (Å²) >= 11 is 0. The number of primary amides is 1. The summed E-state index contributed by atoms with van der Waals surface area (Å²) in [6.07, 6.45) is 3.39. The monoisotopic (exact) mass is 733 g/mol.